The average molecular weight is 470 g/mol. The maximum Gasteiger partial charge on any atom is 0.236 e. The van der Waals surface area contributed by atoms with Gasteiger partial charge in [0.1, 0.15) is 5.82 Å². The molecule has 1 aliphatic rings. The van der Waals surface area contributed by atoms with Crippen LogP contribution in [0.25, 0.3) is 11.3 Å². The number of thiazole rings is 1. The molecule has 5 nitrogen and oxygen atoms in total. The third-order valence-electron chi connectivity index (χ3n) is 5.34. The van der Waals surface area contributed by atoms with Crippen molar-refractivity contribution in [1.82, 2.24) is 4.98 Å². The maximum absolute atomic E-state index is 13.1. The van der Waals surface area contributed by atoms with E-state index in [2.05, 4.69) is 15.6 Å². The number of nitrogens with zero attached hydrogens (tertiary/aromatic N) is 1. The van der Waals surface area contributed by atoms with E-state index in [4.69, 9.17) is 0 Å². The lowest BCUT2D eigenvalue weighted by atomic mass is 9.88. The number of hydrogen-bond donors (Lipinski definition) is 2. The molecule has 0 saturated heterocycles. The third kappa shape index (κ3) is 6.17. The SMILES string of the molecule is O=C(CSc1cccc(NC(=O)C2CCCCC2)c1)Nc1nc(-c2ccc(F)cc2)cs1. The average Bonchev–Trinajstić information content (AvgIpc) is 3.27. The van der Waals surface area contributed by atoms with Crippen LogP contribution in [0, 0.1) is 11.7 Å². The van der Waals surface area contributed by atoms with Crippen LogP contribution in [-0.2, 0) is 9.59 Å². The van der Waals surface area contributed by atoms with Gasteiger partial charge in [-0.05, 0) is 55.3 Å². The first kappa shape index (κ1) is 22.5. The lowest BCUT2D eigenvalue weighted by Crippen LogP contribution is -2.24. The Bertz CT molecular complexity index is 1080. The smallest absolute Gasteiger partial charge is 0.236 e. The predicted octanol–water partition coefficient (Wildman–Crippen LogP) is 6.20. The molecule has 4 rings (SSSR count). The molecule has 1 saturated carbocycles. The number of nitrogens with one attached hydrogen (secondary N) is 2. The minimum Gasteiger partial charge on any atom is -0.326 e. The van der Waals surface area contributed by atoms with E-state index in [1.807, 2.05) is 29.6 Å². The fourth-order valence-electron chi connectivity index (χ4n) is 3.66. The maximum atomic E-state index is 13.1. The Labute approximate surface area is 194 Å². The number of carbonyl (C=O) groups excluding carboxylic acids is 2. The Kier molecular flexibility index (Phi) is 7.55. The molecule has 166 valence electrons. The van der Waals surface area contributed by atoms with Crippen molar-refractivity contribution in [2.24, 2.45) is 5.92 Å². The van der Waals surface area contributed by atoms with Gasteiger partial charge in [-0.3, -0.25) is 9.59 Å². The van der Waals surface area contributed by atoms with Gasteiger partial charge in [0.05, 0.1) is 11.4 Å². The van der Waals surface area contributed by atoms with Gasteiger partial charge in [0, 0.05) is 27.4 Å². The summed E-state index contributed by atoms with van der Waals surface area (Å²) in [6, 6.07) is 13.7. The van der Waals surface area contributed by atoms with Crippen LogP contribution in [0.15, 0.2) is 58.8 Å². The molecule has 32 heavy (non-hydrogen) atoms. The highest BCUT2D eigenvalue weighted by molar-refractivity contribution is 8.00. The van der Waals surface area contributed by atoms with Gasteiger partial charge in [0.2, 0.25) is 11.8 Å². The zero-order valence-corrected chi connectivity index (χ0v) is 19.1. The van der Waals surface area contributed by atoms with Gasteiger partial charge in [0.25, 0.3) is 0 Å². The number of hydrogen-bond acceptors (Lipinski definition) is 5. The molecular weight excluding hydrogens is 445 g/mol. The van der Waals surface area contributed by atoms with Gasteiger partial charge >= 0.3 is 0 Å². The fraction of sp³-hybridized carbons (Fsp3) is 0.292. The summed E-state index contributed by atoms with van der Waals surface area (Å²) >= 11 is 2.73. The van der Waals surface area contributed by atoms with Crippen molar-refractivity contribution in [3.63, 3.8) is 0 Å². The molecule has 0 unspecified atom stereocenters. The summed E-state index contributed by atoms with van der Waals surface area (Å²) in [6.45, 7) is 0. The van der Waals surface area contributed by atoms with E-state index in [-0.39, 0.29) is 29.3 Å². The van der Waals surface area contributed by atoms with Crippen LogP contribution >= 0.6 is 23.1 Å². The molecule has 2 amide bonds. The van der Waals surface area contributed by atoms with Crippen molar-refractivity contribution in [3.05, 3.63) is 59.7 Å². The first-order valence-corrected chi connectivity index (χ1v) is 12.5. The number of anilines is 2. The Morgan fingerprint density at radius 2 is 1.84 bits per heavy atom. The molecule has 1 heterocycles. The Hall–Kier alpha value is -2.71. The summed E-state index contributed by atoms with van der Waals surface area (Å²) in [5.74, 6) is -0.0427. The van der Waals surface area contributed by atoms with E-state index in [1.165, 1.54) is 41.7 Å². The molecule has 0 aliphatic heterocycles. The Morgan fingerprint density at radius 3 is 2.62 bits per heavy atom. The lowest BCUT2D eigenvalue weighted by Gasteiger charge is -2.20. The normalized spacial score (nSPS) is 14.2. The second kappa shape index (κ2) is 10.7. The summed E-state index contributed by atoms with van der Waals surface area (Å²) in [5, 5.41) is 8.16. The molecule has 2 N–H and O–H groups in total. The van der Waals surface area contributed by atoms with Crippen LogP contribution in [0.2, 0.25) is 0 Å². The van der Waals surface area contributed by atoms with Crippen molar-refractivity contribution in [2.45, 2.75) is 37.0 Å². The molecule has 8 heteroatoms. The van der Waals surface area contributed by atoms with Gasteiger partial charge in [-0.25, -0.2) is 9.37 Å². The van der Waals surface area contributed by atoms with Crippen LogP contribution in [0.1, 0.15) is 32.1 Å². The van der Waals surface area contributed by atoms with Crippen LogP contribution < -0.4 is 10.6 Å². The first-order chi connectivity index (χ1) is 15.6. The molecule has 1 fully saturated rings. The van der Waals surface area contributed by atoms with Crippen molar-refractivity contribution in [1.29, 1.82) is 0 Å². The number of amides is 2. The molecule has 1 aromatic heterocycles. The highest BCUT2D eigenvalue weighted by atomic mass is 32.2. The van der Waals surface area contributed by atoms with E-state index in [9.17, 15) is 14.0 Å². The summed E-state index contributed by atoms with van der Waals surface area (Å²) in [6.07, 6.45) is 5.37. The lowest BCUT2D eigenvalue weighted by molar-refractivity contribution is -0.120. The van der Waals surface area contributed by atoms with E-state index in [1.54, 1.807) is 12.1 Å². The molecule has 0 bridgehead atoms. The zero-order valence-electron chi connectivity index (χ0n) is 17.5. The zero-order chi connectivity index (χ0) is 22.3. The topological polar surface area (TPSA) is 71.1 Å². The number of halogens is 1. The highest BCUT2D eigenvalue weighted by Crippen LogP contribution is 2.28. The largest absolute Gasteiger partial charge is 0.326 e. The van der Waals surface area contributed by atoms with Gasteiger partial charge < -0.3 is 10.6 Å². The molecular formula is C24H24FN3O2S2. The predicted molar refractivity (Wildman–Crippen MR) is 129 cm³/mol. The molecule has 3 aromatic rings. The van der Waals surface area contributed by atoms with Gasteiger partial charge in [-0.2, -0.15) is 0 Å². The van der Waals surface area contributed by atoms with Crippen molar-refractivity contribution in [2.75, 3.05) is 16.4 Å². The van der Waals surface area contributed by atoms with E-state index < -0.39 is 0 Å². The van der Waals surface area contributed by atoms with Gasteiger partial charge in [-0.15, -0.1) is 23.1 Å². The van der Waals surface area contributed by atoms with Gasteiger partial charge in [0.15, 0.2) is 5.13 Å². The Morgan fingerprint density at radius 1 is 1.06 bits per heavy atom. The highest BCUT2D eigenvalue weighted by Gasteiger charge is 2.21. The first-order valence-electron chi connectivity index (χ1n) is 10.6. The summed E-state index contributed by atoms with van der Waals surface area (Å²) in [5.41, 5.74) is 2.25. The third-order valence-corrected chi connectivity index (χ3v) is 7.09. The molecule has 0 atom stereocenters. The van der Waals surface area contributed by atoms with E-state index in [0.717, 1.165) is 41.8 Å². The minimum atomic E-state index is -0.299. The molecule has 0 radical (unpaired) electrons. The van der Waals surface area contributed by atoms with Crippen molar-refractivity contribution in [3.8, 4) is 11.3 Å². The number of aromatic nitrogens is 1. The number of thioether (sulfide) groups is 1. The summed E-state index contributed by atoms with van der Waals surface area (Å²) < 4.78 is 13.1. The Balaban J connectivity index is 1.28. The fourth-order valence-corrected chi connectivity index (χ4v) is 5.15. The summed E-state index contributed by atoms with van der Waals surface area (Å²) in [7, 11) is 0. The quantitative estimate of drug-likeness (QED) is 0.404. The number of rotatable bonds is 7. The summed E-state index contributed by atoms with van der Waals surface area (Å²) in [4.78, 5) is 30.1. The monoisotopic (exact) mass is 469 g/mol. The van der Waals surface area contributed by atoms with Crippen LogP contribution in [0.4, 0.5) is 15.2 Å². The second-order valence-electron chi connectivity index (χ2n) is 7.73. The van der Waals surface area contributed by atoms with Crippen LogP contribution in [-0.4, -0.2) is 22.6 Å². The van der Waals surface area contributed by atoms with E-state index in [0.29, 0.717) is 10.8 Å². The molecule has 1 aliphatic carbocycles. The van der Waals surface area contributed by atoms with Crippen molar-refractivity contribution >= 4 is 45.7 Å². The van der Waals surface area contributed by atoms with Gasteiger partial charge in [-0.1, -0.05) is 25.3 Å². The minimum absolute atomic E-state index is 0.0883. The number of benzene rings is 2. The molecule has 2 aromatic carbocycles. The molecule has 0 spiro atoms. The van der Waals surface area contributed by atoms with Crippen LogP contribution in [0.3, 0.4) is 0 Å². The number of carbonyl (C=O) groups is 2. The standard InChI is InChI=1S/C24H24FN3O2S2/c25-18-11-9-16(10-12-18)21-14-32-24(27-21)28-22(29)15-31-20-8-4-7-19(13-20)26-23(30)17-5-2-1-3-6-17/h4,7-14,17H,1-3,5-6,15H2,(H,26,30)(H,27,28,29). The van der Waals surface area contributed by atoms with Crippen molar-refractivity contribution < 1.29 is 14.0 Å². The van der Waals surface area contributed by atoms with Crippen LogP contribution in [0.5, 0.6) is 0 Å². The van der Waals surface area contributed by atoms with E-state index >= 15 is 0 Å². The second-order valence-corrected chi connectivity index (χ2v) is 9.64.